The number of ether oxygens (including phenoxy) is 2. The van der Waals surface area contributed by atoms with Gasteiger partial charge in [0, 0.05) is 11.6 Å². The van der Waals surface area contributed by atoms with Crippen molar-refractivity contribution in [2.45, 2.75) is 6.54 Å². The standard InChI is InChI=1S/C25H23N3O4/c1-31-21-8-10-22(11-9-21)32-15-14-26-24(29)17-28-25(30)13-12-23(27-28)20-7-6-18-4-2-3-5-19(18)16-20/h2-13,16H,14-15,17H2,1H3,(H,26,29). The van der Waals surface area contributed by atoms with E-state index in [0.717, 1.165) is 22.1 Å². The summed E-state index contributed by atoms with van der Waals surface area (Å²) in [5, 5.41) is 9.34. The Kier molecular flexibility index (Phi) is 6.46. The van der Waals surface area contributed by atoms with E-state index in [1.54, 1.807) is 37.4 Å². The highest BCUT2D eigenvalue weighted by Crippen LogP contribution is 2.22. The van der Waals surface area contributed by atoms with Crippen LogP contribution in [0.1, 0.15) is 0 Å². The van der Waals surface area contributed by atoms with E-state index in [-0.39, 0.29) is 18.0 Å². The average molecular weight is 429 g/mol. The van der Waals surface area contributed by atoms with Gasteiger partial charge in [-0.2, -0.15) is 5.10 Å². The van der Waals surface area contributed by atoms with Crippen molar-refractivity contribution >= 4 is 16.7 Å². The first kappa shape index (κ1) is 21.1. The fourth-order valence-electron chi connectivity index (χ4n) is 3.29. The molecule has 0 aliphatic rings. The molecule has 1 N–H and O–H groups in total. The number of benzene rings is 3. The highest BCUT2D eigenvalue weighted by Gasteiger charge is 2.08. The molecular formula is C25H23N3O4. The molecule has 0 spiro atoms. The van der Waals surface area contributed by atoms with Gasteiger partial charge in [0.1, 0.15) is 24.7 Å². The van der Waals surface area contributed by atoms with Crippen LogP contribution in [0.2, 0.25) is 0 Å². The summed E-state index contributed by atoms with van der Waals surface area (Å²) in [5.41, 5.74) is 1.18. The molecule has 0 aliphatic carbocycles. The fraction of sp³-hybridized carbons (Fsp3) is 0.160. The Morgan fingerprint density at radius 2 is 1.69 bits per heavy atom. The predicted octanol–water partition coefficient (Wildman–Crippen LogP) is 3.27. The van der Waals surface area contributed by atoms with E-state index in [0.29, 0.717) is 24.6 Å². The molecule has 0 saturated heterocycles. The molecule has 1 amide bonds. The minimum absolute atomic E-state index is 0.164. The maximum atomic E-state index is 12.3. The molecule has 1 aromatic heterocycles. The van der Waals surface area contributed by atoms with Gasteiger partial charge in [0.05, 0.1) is 19.3 Å². The molecule has 162 valence electrons. The second-order valence-electron chi connectivity index (χ2n) is 7.15. The highest BCUT2D eigenvalue weighted by molar-refractivity contribution is 5.86. The van der Waals surface area contributed by atoms with E-state index in [9.17, 15) is 9.59 Å². The number of amides is 1. The summed E-state index contributed by atoms with van der Waals surface area (Å²) in [5.74, 6) is 1.11. The Labute approximate surface area is 185 Å². The van der Waals surface area contributed by atoms with Crippen LogP contribution >= 0.6 is 0 Å². The fourth-order valence-corrected chi connectivity index (χ4v) is 3.29. The number of nitrogens with zero attached hydrogens (tertiary/aromatic N) is 2. The molecule has 0 atom stereocenters. The third-order valence-corrected chi connectivity index (χ3v) is 4.96. The molecule has 0 aliphatic heterocycles. The zero-order valence-corrected chi connectivity index (χ0v) is 17.7. The number of methoxy groups -OCH3 is 1. The van der Waals surface area contributed by atoms with Gasteiger partial charge in [-0.25, -0.2) is 4.68 Å². The summed E-state index contributed by atoms with van der Waals surface area (Å²) < 4.78 is 11.9. The number of nitrogens with one attached hydrogen (secondary N) is 1. The van der Waals surface area contributed by atoms with Crippen LogP contribution < -0.4 is 20.3 Å². The Hall–Kier alpha value is -4.13. The van der Waals surface area contributed by atoms with Crippen molar-refractivity contribution in [1.29, 1.82) is 0 Å². The molecule has 0 saturated carbocycles. The summed E-state index contributed by atoms with van der Waals surface area (Å²) in [7, 11) is 1.60. The molecule has 0 radical (unpaired) electrons. The monoisotopic (exact) mass is 429 g/mol. The van der Waals surface area contributed by atoms with E-state index >= 15 is 0 Å². The van der Waals surface area contributed by atoms with Gasteiger partial charge >= 0.3 is 0 Å². The third kappa shape index (κ3) is 5.13. The van der Waals surface area contributed by atoms with Crippen LogP contribution in [0, 0.1) is 0 Å². The molecule has 0 bridgehead atoms. The van der Waals surface area contributed by atoms with Crippen LogP contribution in [-0.2, 0) is 11.3 Å². The molecular weight excluding hydrogens is 406 g/mol. The summed E-state index contributed by atoms with van der Waals surface area (Å²) >= 11 is 0. The quantitative estimate of drug-likeness (QED) is 0.435. The maximum absolute atomic E-state index is 12.3. The Bertz CT molecular complexity index is 1280. The number of hydrogen-bond donors (Lipinski definition) is 1. The van der Waals surface area contributed by atoms with Crippen molar-refractivity contribution in [3.8, 4) is 22.8 Å². The number of hydrogen-bond acceptors (Lipinski definition) is 5. The molecule has 1 heterocycles. The van der Waals surface area contributed by atoms with Crippen molar-refractivity contribution in [3.63, 3.8) is 0 Å². The third-order valence-electron chi connectivity index (χ3n) is 4.96. The summed E-state index contributed by atoms with van der Waals surface area (Å²) in [6, 6.07) is 24.3. The van der Waals surface area contributed by atoms with Gasteiger partial charge in [-0.15, -0.1) is 0 Å². The van der Waals surface area contributed by atoms with E-state index < -0.39 is 0 Å². The molecule has 32 heavy (non-hydrogen) atoms. The molecule has 4 aromatic rings. The van der Waals surface area contributed by atoms with Gasteiger partial charge in [-0.05, 0) is 47.2 Å². The molecule has 7 heteroatoms. The van der Waals surface area contributed by atoms with Crippen molar-refractivity contribution in [2.24, 2.45) is 0 Å². The first-order chi connectivity index (χ1) is 15.6. The molecule has 7 nitrogen and oxygen atoms in total. The number of rotatable bonds is 8. The van der Waals surface area contributed by atoms with E-state index in [1.807, 2.05) is 42.5 Å². The molecule has 3 aromatic carbocycles. The first-order valence-corrected chi connectivity index (χ1v) is 10.2. The van der Waals surface area contributed by atoms with Crippen molar-refractivity contribution in [3.05, 3.63) is 89.2 Å². The Morgan fingerprint density at radius 1 is 0.938 bits per heavy atom. The lowest BCUT2D eigenvalue weighted by Crippen LogP contribution is -2.35. The van der Waals surface area contributed by atoms with Gasteiger partial charge in [0.15, 0.2) is 0 Å². The second-order valence-corrected chi connectivity index (χ2v) is 7.15. The number of carbonyl (C=O) groups is 1. The minimum atomic E-state index is -0.334. The normalized spacial score (nSPS) is 10.7. The number of carbonyl (C=O) groups excluding carboxylic acids is 1. The van der Waals surface area contributed by atoms with E-state index in [2.05, 4.69) is 10.4 Å². The van der Waals surface area contributed by atoms with Crippen molar-refractivity contribution in [2.75, 3.05) is 20.3 Å². The van der Waals surface area contributed by atoms with Crippen LogP contribution in [0.25, 0.3) is 22.0 Å². The topological polar surface area (TPSA) is 82.4 Å². The molecule has 0 unspecified atom stereocenters. The van der Waals surface area contributed by atoms with Crippen LogP contribution in [-0.4, -0.2) is 35.9 Å². The van der Waals surface area contributed by atoms with Crippen LogP contribution in [0.15, 0.2) is 83.7 Å². The van der Waals surface area contributed by atoms with Gasteiger partial charge in [-0.3, -0.25) is 9.59 Å². The lowest BCUT2D eigenvalue weighted by molar-refractivity contribution is -0.122. The highest BCUT2D eigenvalue weighted by atomic mass is 16.5. The maximum Gasteiger partial charge on any atom is 0.267 e. The van der Waals surface area contributed by atoms with E-state index in [4.69, 9.17) is 9.47 Å². The largest absolute Gasteiger partial charge is 0.497 e. The smallest absolute Gasteiger partial charge is 0.267 e. The minimum Gasteiger partial charge on any atom is -0.497 e. The number of aromatic nitrogens is 2. The van der Waals surface area contributed by atoms with Gasteiger partial charge in [0.25, 0.3) is 5.56 Å². The van der Waals surface area contributed by atoms with Gasteiger partial charge in [0.2, 0.25) is 5.91 Å². The summed E-state index contributed by atoms with van der Waals surface area (Å²) in [4.78, 5) is 24.5. The van der Waals surface area contributed by atoms with Gasteiger partial charge < -0.3 is 14.8 Å². The van der Waals surface area contributed by atoms with Crippen LogP contribution in [0.5, 0.6) is 11.5 Å². The van der Waals surface area contributed by atoms with Crippen LogP contribution in [0.4, 0.5) is 0 Å². The van der Waals surface area contributed by atoms with Crippen molar-refractivity contribution < 1.29 is 14.3 Å². The Balaban J connectivity index is 1.35. The first-order valence-electron chi connectivity index (χ1n) is 10.2. The van der Waals surface area contributed by atoms with Crippen LogP contribution in [0.3, 0.4) is 0 Å². The Morgan fingerprint density at radius 3 is 2.47 bits per heavy atom. The zero-order chi connectivity index (χ0) is 22.3. The zero-order valence-electron chi connectivity index (χ0n) is 17.7. The van der Waals surface area contributed by atoms with Crippen molar-refractivity contribution in [1.82, 2.24) is 15.1 Å². The SMILES string of the molecule is COc1ccc(OCCNC(=O)Cn2nc(-c3ccc4ccccc4c3)ccc2=O)cc1. The predicted molar refractivity (Wildman–Crippen MR) is 123 cm³/mol. The van der Waals surface area contributed by atoms with Gasteiger partial charge in [-0.1, -0.05) is 36.4 Å². The lowest BCUT2D eigenvalue weighted by Gasteiger charge is -2.10. The number of fused-ring (bicyclic) bond motifs is 1. The lowest BCUT2D eigenvalue weighted by atomic mass is 10.1. The molecule has 0 fully saturated rings. The molecule has 4 rings (SSSR count). The summed E-state index contributed by atoms with van der Waals surface area (Å²) in [6.07, 6.45) is 0. The summed E-state index contributed by atoms with van der Waals surface area (Å²) in [6.45, 7) is 0.449. The average Bonchev–Trinajstić information content (AvgIpc) is 2.83. The second kappa shape index (κ2) is 9.78. The van der Waals surface area contributed by atoms with E-state index in [1.165, 1.54) is 10.7 Å².